The van der Waals surface area contributed by atoms with E-state index in [0.29, 0.717) is 19.3 Å². The normalized spacial score (nSPS) is 22.6. The predicted molar refractivity (Wildman–Crippen MR) is 126 cm³/mol. The van der Waals surface area contributed by atoms with E-state index in [2.05, 4.69) is 48.2 Å². The predicted octanol–water partition coefficient (Wildman–Crippen LogP) is 5.29. The van der Waals surface area contributed by atoms with Crippen molar-refractivity contribution >= 4 is 0 Å². The number of aliphatic hydroxyl groups is 1. The molecule has 166 valence electrons. The Labute approximate surface area is 190 Å². The zero-order valence-corrected chi connectivity index (χ0v) is 18.6. The first-order valence-corrected chi connectivity index (χ1v) is 11.6. The number of hydrogen-bond acceptors (Lipinski definition) is 4. The Balaban J connectivity index is 1.45. The summed E-state index contributed by atoms with van der Waals surface area (Å²) in [6, 6.07) is 25.4. The fourth-order valence-electron chi connectivity index (χ4n) is 5.10. The molecule has 32 heavy (non-hydrogen) atoms. The molecule has 4 nitrogen and oxygen atoms in total. The average Bonchev–Trinajstić information content (AvgIpc) is 2.82. The molecule has 3 aromatic rings. The third-order valence-electron chi connectivity index (χ3n) is 6.75. The molecule has 0 saturated carbocycles. The maximum atomic E-state index is 10.4. The third kappa shape index (κ3) is 4.52. The number of benzene rings is 3. The van der Waals surface area contributed by atoms with Gasteiger partial charge in [-0.1, -0.05) is 60.7 Å². The van der Waals surface area contributed by atoms with E-state index in [1.807, 2.05) is 36.4 Å². The molecule has 0 bridgehead atoms. The van der Waals surface area contributed by atoms with Crippen molar-refractivity contribution in [1.82, 2.24) is 4.90 Å². The van der Waals surface area contributed by atoms with Crippen LogP contribution >= 0.6 is 0 Å². The molecule has 0 unspecified atom stereocenters. The summed E-state index contributed by atoms with van der Waals surface area (Å²) in [6.45, 7) is 4.25. The number of fused-ring (bicyclic) bond motifs is 3. The molecule has 0 aliphatic carbocycles. The van der Waals surface area contributed by atoms with Gasteiger partial charge in [0.15, 0.2) is 11.5 Å². The van der Waals surface area contributed by atoms with Crippen LogP contribution in [-0.4, -0.2) is 28.7 Å². The van der Waals surface area contributed by atoms with Crippen molar-refractivity contribution < 1.29 is 14.6 Å². The van der Waals surface area contributed by atoms with E-state index >= 15 is 0 Å². The summed E-state index contributed by atoms with van der Waals surface area (Å²) in [7, 11) is 0. The van der Waals surface area contributed by atoms with E-state index in [0.717, 1.165) is 48.4 Å². The second-order valence-corrected chi connectivity index (χ2v) is 9.02. The molecular formula is C28H31NO3. The molecule has 0 spiro atoms. The highest BCUT2D eigenvalue weighted by Gasteiger charge is 2.37. The van der Waals surface area contributed by atoms with Gasteiger partial charge in [-0.3, -0.25) is 4.90 Å². The smallest absolute Gasteiger partial charge is 0.162 e. The lowest BCUT2D eigenvalue weighted by molar-refractivity contribution is 0.000926. The molecule has 0 aromatic heterocycles. The highest BCUT2D eigenvalue weighted by Crippen LogP contribution is 2.43. The Hall–Kier alpha value is -2.82. The maximum Gasteiger partial charge on any atom is 0.162 e. The quantitative estimate of drug-likeness (QED) is 0.578. The van der Waals surface area contributed by atoms with Crippen molar-refractivity contribution in [2.24, 2.45) is 0 Å². The lowest BCUT2D eigenvalue weighted by atomic mass is 9.83. The standard InChI is InChI=1S/C28H31NO3/c1-20-14-24(30)16-26-25-17-28(32-19-22-10-6-3-7-11-22)27(15-23(25)12-13-29(20)26)31-18-21-8-4-2-5-9-21/h2-11,15,17,20,24,26,30H,12-14,16,18-19H2,1H3/t20-,24-,26+/m1/s1. The van der Waals surface area contributed by atoms with E-state index < -0.39 is 0 Å². The van der Waals surface area contributed by atoms with E-state index in [9.17, 15) is 5.11 Å². The molecule has 2 aliphatic heterocycles. The van der Waals surface area contributed by atoms with E-state index in [1.165, 1.54) is 11.1 Å². The number of aliphatic hydroxyl groups excluding tert-OH is 1. The molecule has 0 amide bonds. The van der Waals surface area contributed by atoms with Crippen LogP contribution in [0.5, 0.6) is 11.5 Å². The summed E-state index contributed by atoms with van der Waals surface area (Å²) in [5, 5.41) is 10.4. The summed E-state index contributed by atoms with van der Waals surface area (Å²) in [6.07, 6.45) is 2.37. The minimum absolute atomic E-state index is 0.236. The lowest BCUT2D eigenvalue weighted by Gasteiger charge is -2.46. The second-order valence-electron chi connectivity index (χ2n) is 9.02. The van der Waals surface area contributed by atoms with Gasteiger partial charge in [-0.05, 0) is 60.6 Å². The molecule has 3 atom stereocenters. The number of ether oxygens (including phenoxy) is 2. The van der Waals surface area contributed by atoms with E-state index in [1.54, 1.807) is 0 Å². The van der Waals surface area contributed by atoms with Gasteiger partial charge in [0.05, 0.1) is 6.10 Å². The van der Waals surface area contributed by atoms with Crippen LogP contribution in [0.1, 0.15) is 48.1 Å². The first-order valence-electron chi connectivity index (χ1n) is 11.6. The molecule has 1 N–H and O–H groups in total. The van der Waals surface area contributed by atoms with Crippen molar-refractivity contribution in [3.05, 3.63) is 95.1 Å². The van der Waals surface area contributed by atoms with Gasteiger partial charge in [0, 0.05) is 18.6 Å². The fraction of sp³-hybridized carbons (Fsp3) is 0.357. The van der Waals surface area contributed by atoms with Crippen molar-refractivity contribution in [2.75, 3.05) is 6.54 Å². The molecule has 5 rings (SSSR count). The van der Waals surface area contributed by atoms with Crippen molar-refractivity contribution in [3.63, 3.8) is 0 Å². The van der Waals surface area contributed by atoms with Crippen LogP contribution in [0.3, 0.4) is 0 Å². The van der Waals surface area contributed by atoms with Crippen LogP contribution in [0.15, 0.2) is 72.8 Å². The summed E-state index contributed by atoms with van der Waals surface area (Å²) < 4.78 is 12.6. The topological polar surface area (TPSA) is 41.9 Å². The summed E-state index contributed by atoms with van der Waals surface area (Å²) in [4.78, 5) is 2.54. The van der Waals surface area contributed by atoms with Crippen LogP contribution in [0.25, 0.3) is 0 Å². The van der Waals surface area contributed by atoms with Gasteiger partial charge >= 0.3 is 0 Å². The molecule has 1 fully saturated rings. The van der Waals surface area contributed by atoms with Crippen molar-refractivity contribution in [2.45, 2.75) is 57.6 Å². The van der Waals surface area contributed by atoms with Crippen LogP contribution in [0, 0.1) is 0 Å². The van der Waals surface area contributed by atoms with E-state index in [-0.39, 0.29) is 12.1 Å². The van der Waals surface area contributed by atoms with Gasteiger partial charge in [-0.2, -0.15) is 0 Å². The monoisotopic (exact) mass is 429 g/mol. The SMILES string of the molecule is C[C@@H]1C[C@@H](O)C[C@H]2c3cc(OCc4ccccc4)c(OCc4ccccc4)cc3CCN12. The van der Waals surface area contributed by atoms with Crippen LogP contribution < -0.4 is 9.47 Å². The van der Waals surface area contributed by atoms with Gasteiger partial charge in [-0.25, -0.2) is 0 Å². The number of hydrogen-bond donors (Lipinski definition) is 1. The van der Waals surface area contributed by atoms with E-state index in [4.69, 9.17) is 9.47 Å². The molecule has 3 aromatic carbocycles. The first-order chi connectivity index (χ1) is 15.7. The molecule has 2 heterocycles. The minimum Gasteiger partial charge on any atom is -0.485 e. The Bertz CT molecular complexity index is 1040. The summed E-state index contributed by atoms with van der Waals surface area (Å²) in [5.74, 6) is 1.57. The maximum absolute atomic E-state index is 10.4. The Morgan fingerprint density at radius 3 is 2.06 bits per heavy atom. The number of rotatable bonds is 6. The van der Waals surface area contributed by atoms with Crippen molar-refractivity contribution in [3.8, 4) is 11.5 Å². The molecular weight excluding hydrogens is 398 g/mol. The Morgan fingerprint density at radius 2 is 1.44 bits per heavy atom. The van der Waals surface area contributed by atoms with Gasteiger partial charge in [0.2, 0.25) is 0 Å². The fourth-order valence-corrected chi connectivity index (χ4v) is 5.10. The largest absolute Gasteiger partial charge is 0.485 e. The van der Waals surface area contributed by atoms with Gasteiger partial charge in [-0.15, -0.1) is 0 Å². The van der Waals surface area contributed by atoms with Crippen LogP contribution in [0.4, 0.5) is 0 Å². The lowest BCUT2D eigenvalue weighted by Crippen LogP contribution is -2.48. The third-order valence-corrected chi connectivity index (χ3v) is 6.75. The number of nitrogens with zero attached hydrogens (tertiary/aromatic N) is 1. The van der Waals surface area contributed by atoms with Crippen LogP contribution in [-0.2, 0) is 19.6 Å². The molecule has 0 radical (unpaired) electrons. The highest BCUT2D eigenvalue weighted by molar-refractivity contribution is 5.50. The Morgan fingerprint density at radius 1 is 0.844 bits per heavy atom. The minimum atomic E-state index is -0.250. The summed E-state index contributed by atoms with van der Waals surface area (Å²) >= 11 is 0. The molecule has 4 heteroatoms. The second kappa shape index (κ2) is 9.35. The Kier molecular flexibility index (Phi) is 6.15. The van der Waals surface area contributed by atoms with Gasteiger partial charge < -0.3 is 14.6 Å². The number of piperidine rings is 1. The van der Waals surface area contributed by atoms with Gasteiger partial charge in [0.1, 0.15) is 13.2 Å². The summed E-state index contributed by atoms with van der Waals surface area (Å²) in [5.41, 5.74) is 4.84. The highest BCUT2D eigenvalue weighted by atomic mass is 16.5. The van der Waals surface area contributed by atoms with Gasteiger partial charge in [0.25, 0.3) is 0 Å². The zero-order chi connectivity index (χ0) is 21.9. The molecule has 2 aliphatic rings. The zero-order valence-electron chi connectivity index (χ0n) is 18.6. The average molecular weight is 430 g/mol. The first kappa shape index (κ1) is 21.0. The van der Waals surface area contributed by atoms with Crippen LogP contribution in [0.2, 0.25) is 0 Å². The van der Waals surface area contributed by atoms with Crippen molar-refractivity contribution in [1.29, 1.82) is 0 Å². The molecule has 1 saturated heterocycles.